The van der Waals surface area contributed by atoms with E-state index in [2.05, 4.69) is 44.7 Å². The molecule has 4 nitrogen and oxygen atoms in total. The molecule has 24 heavy (non-hydrogen) atoms. The molecule has 0 spiro atoms. The normalized spacial score (nSPS) is 17.6. The number of nitrogens with zero attached hydrogens (tertiary/aromatic N) is 2. The molecule has 0 radical (unpaired) electrons. The lowest BCUT2D eigenvalue weighted by Gasteiger charge is -2.38. The van der Waals surface area contributed by atoms with Gasteiger partial charge in [0.05, 0.1) is 7.11 Å². The Bertz CT molecular complexity index is 526. The molecule has 1 heterocycles. The van der Waals surface area contributed by atoms with E-state index in [1.54, 1.807) is 7.11 Å². The van der Waals surface area contributed by atoms with Crippen LogP contribution in [0.3, 0.4) is 0 Å². The topological polar surface area (TPSA) is 32.8 Å². The number of hydrogen-bond donors (Lipinski definition) is 0. The number of carbonyl (C=O) groups excluding carboxylic acids is 1. The zero-order chi connectivity index (χ0) is 17.7. The van der Waals surface area contributed by atoms with Crippen molar-refractivity contribution in [2.45, 2.75) is 40.0 Å². The highest BCUT2D eigenvalue weighted by atomic mass is 16.5. The smallest absolute Gasteiger partial charge is 0.223 e. The molecule has 4 heteroatoms. The Morgan fingerprint density at radius 3 is 2.21 bits per heavy atom. The van der Waals surface area contributed by atoms with Crippen LogP contribution in [0, 0.1) is 5.41 Å². The fourth-order valence-electron chi connectivity index (χ4n) is 3.27. The first-order valence-corrected chi connectivity index (χ1v) is 8.92. The highest BCUT2D eigenvalue weighted by molar-refractivity contribution is 5.77. The summed E-state index contributed by atoms with van der Waals surface area (Å²) < 4.78 is 5.19. The number of rotatable bonds is 5. The monoisotopic (exact) mass is 332 g/mol. The summed E-state index contributed by atoms with van der Waals surface area (Å²) in [6.45, 7) is 13.7. The van der Waals surface area contributed by atoms with Crippen LogP contribution >= 0.6 is 0 Å². The first-order chi connectivity index (χ1) is 11.3. The van der Waals surface area contributed by atoms with Gasteiger partial charge in [0.15, 0.2) is 0 Å². The summed E-state index contributed by atoms with van der Waals surface area (Å²) in [5, 5.41) is 0. The van der Waals surface area contributed by atoms with Crippen LogP contribution in [-0.2, 0) is 4.79 Å². The largest absolute Gasteiger partial charge is 0.497 e. The van der Waals surface area contributed by atoms with Crippen molar-refractivity contribution in [3.8, 4) is 5.75 Å². The predicted octanol–water partition coefficient (Wildman–Crippen LogP) is 3.38. The predicted molar refractivity (Wildman–Crippen MR) is 98.5 cm³/mol. The molecule has 0 bridgehead atoms. The molecule has 1 amide bonds. The second kappa shape index (κ2) is 8.02. The van der Waals surface area contributed by atoms with E-state index in [0.717, 1.165) is 38.5 Å². The Balaban J connectivity index is 1.82. The van der Waals surface area contributed by atoms with E-state index in [0.29, 0.717) is 11.8 Å². The van der Waals surface area contributed by atoms with Gasteiger partial charge in [-0.05, 0) is 29.0 Å². The third kappa shape index (κ3) is 5.52. The van der Waals surface area contributed by atoms with Crippen molar-refractivity contribution in [3.63, 3.8) is 0 Å². The summed E-state index contributed by atoms with van der Waals surface area (Å²) in [6, 6.07) is 8.03. The maximum Gasteiger partial charge on any atom is 0.223 e. The molecule has 1 fully saturated rings. The molecule has 0 N–H and O–H groups in total. The minimum Gasteiger partial charge on any atom is -0.497 e. The summed E-state index contributed by atoms with van der Waals surface area (Å²) in [7, 11) is 1.67. The Morgan fingerprint density at radius 1 is 1.12 bits per heavy atom. The summed E-state index contributed by atoms with van der Waals surface area (Å²) in [4.78, 5) is 17.1. The van der Waals surface area contributed by atoms with E-state index in [1.165, 1.54) is 5.56 Å². The van der Waals surface area contributed by atoms with Crippen LogP contribution in [0.1, 0.15) is 45.6 Å². The van der Waals surface area contributed by atoms with Crippen molar-refractivity contribution in [1.82, 2.24) is 9.80 Å². The van der Waals surface area contributed by atoms with Gasteiger partial charge in [0, 0.05) is 39.1 Å². The highest BCUT2D eigenvalue weighted by Crippen LogP contribution is 2.23. The first kappa shape index (κ1) is 18.8. The van der Waals surface area contributed by atoms with Crippen molar-refractivity contribution in [2.24, 2.45) is 5.41 Å². The number of ether oxygens (including phenoxy) is 1. The molecule has 134 valence electrons. The van der Waals surface area contributed by atoms with Crippen molar-refractivity contribution in [1.29, 1.82) is 0 Å². The number of hydrogen-bond acceptors (Lipinski definition) is 3. The van der Waals surface area contributed by atoms with Gasteiger partial charge in [-0.15, -0.1) is 0 Å². The van der Waals surface area contributed by atoms with Gasteiger partial charge in [-0.2, -0.15) is 0 Å². The van der Waals surface area contributed by atoms with Crippen molar-refractivity contribution >= 4 is 5.91 Å². The number of methoxy groups -OCH3 is 1. The average molecular weight is 332 g/mol. The Labute approximate surface area is 146 Å². The number of amides is 1. The zero-order valence-corrected chi connectivity index (χ0v) is 15.8. The lowest BCUT2D eigenvalue weighted by molar-refractivity contribution is -0.133. The van der Waals surface area contributed by atoms with E-state index in [-0.39, 0.29) is 11.8 Å². The molecular weight excluding hydrogens is 300 g/mol. The van der Waals surface area contributed by atoms with Crippen LogP contribution in [0.5, 0.6) is 5.75 Å². The Kier molecular flexibility index (Phi) is 6.27. The summed E-state index contributed by atoms with van der Waals surface area (Å²) in [6.07, 6.45) is 0.575. The summed E-state index contributed by atoms with van der Waals surface area (Å²) >= 11 is 0. The fourth-order valence-corrected chi connectivity index (χ4v) is 3.27. The lowest BCUT2D eigenvalue weighted by Crippen LogP contribution is -2.50. The first-order valence-electron chi connectivity index (χ1n) is 8.92. The van der Waals surface area contributed by atoms with E-state index in [9.17, 15) is 4.79 Å². The van der Waals surface area contributed by atoms with Gasteiger partial charge in [-0.3, -0.25) is 9.69 Å². The number of carbonyl (C=O) groups is 1. The molecule has 1 unspecified atom stereocenters. The quantitative estimate of drug-likeness (QED) is 0.829. The average Bonchev–Trinajstić information content (AvgIpc) is 2.54. The highest BCUT2D eigenvalue weighted by Gasteiger charge is 2.25. The molecule has 1 aromatic rings. The molecule has 1 aliphatic heterocycles. The fraction of sp³-hybridized carbons (Fsp3) is 0.650. The van der Waals surface area contributed by atoms with Crippen molar-refractivity contribution < 1.29 is 9.53 Å². The van der Waals surface area contributed by atoms with Gasteiger partial charge in [0.2, 0.25) is 5.91 Å². The third-order valence-electron chi connectivity index (χ3n) is 4.59. The molecule has 0 aliphatic carbocycles. The molecule has 1 saturated heterocycles. The molecule has 1 aromatic carbocycles. The van der Waals surface area contributed by atoms with Crippen LogP contribution in [0.15, 0.2) is 24.3 Å². The van der Waals surface area contributed by atoms with E-state index in [1.807, 2.05) is 17.0 Å². The van der Waals surface area contributed by atoms with Gasteiger partial charge in [0.1, 0.15) is 5.75 Å². The number of piperazine rings is 1. The van der Waals surface area contributed by atoms with Gasteiger partial charge >= 0.3 is 0 Å². The lowest BCUT2D eigenvalue weighted by atomic mass is 9.95. The molecule has 0 saturated carbocycles. The Morgan fingerprint density at radius 2 is 1.71 bits per heavy atom. The van der Waals surface area contributed by atoms with Crippen LogP contribution < -0.4 is 4.74 Å². The van der Waals surface area contributed by atoms with Crippen LogP contribution in [0.2, 0.25) is 0 Å². The maximum absolute atomic E-state index is 12.6. The molecule has 2 rings (SSSR count). The third-order valence-corrected chi connectivity index (χ3v) is 4.59. The van der Waals surface area contributed by atoms with Gasteiger partial charge in [0.25, 0.3) is 0 Å². The van der Waals surface area contributed by atoms with Gasteiger partial charge < -0.3 is 9.64 Å². The van der Waals surface area contributed by atoms with Crippen LogP contribution in [0.4, 0.5) is 0 Å². The van der Waals surface area contributed by atoms with E-state index >= 15 is 0 Å². The van der Waals surface area contributed by atoms with Crippen LogP contribution in [-0.4, -0.2) is 55.5 Å². The number of benzene rings is 1. The summed E-state index contributed by atoms with van der Waals surface area (Å²) in [5.74, 6) is 1.36. The Hall–Kier alpha value is -1.55. The van der Waals surface area contributed by atoms with Crippen molar-refractivity contribution in [2.75, 3.05) is 39.8 Å². The van der Waals surface area contributed by atoms with Crippen molar-refractivity contribution in [3.05, 3.63) is 29.8 Å². The molecule has 1 aliphatic rings. The van der Waals surface area contributed by atoms with Gasteiger partial charge in [-0.1, -0.05) is 39.8 Å². The standard InChI is InChI=1S/C20H32N2O2/c1-16(17-6-8-18(24-5)9-7-17)14-19(23)22-12-10-21(11-13-22)15-20(2,3)4/h6-9,16H,10-15H2,1-5H3. The molecular formula is C20H32N2O2. The molecule has 1 atom stereocenters. The second-order valence-corrected chi connectivity index (χ2v) is 8.10. The SMILES string of the molecule is COc1ccc(C(C)CC(=O)N2CCN(CC(C)(C)C)CC2)cc1. The second-order valence-electron chi connectivity index (χ2n) is 8.10. The summed E-state index contributed by atoms with van der Waals surface area (Å²) in [5.41, 5.74) is 1.50. The van der Waals surface area contributed by atoms with E-state index < -0.39 is 0 Å². The maximum atomic E-state index is 12.6. The zero-order valence-electron chi connectivity index (χ0n) is 15.8. The minimum absolute atomic E-state index is 0.232. The van der Waals surface area contributed by atoms with Crippen LogP contribution in [0.25, 0.3) is 0 Å². The van der Waals surface area contributed by atoms with E-state index in [4.69, 9.17) is 4.74 Å². The van der Waals surface area contributed by atoms with Gasteiger partial charge in [-0.25, -0.2) is 0 Å². The molecule has 0 aromatic heterocycles. The minimum atomic E-state index is 0.232.